The molecule has 1 aliphatic rings. The van der Waals surface area contributed by atoms with Crippen molar-refractivity contribution in [1.82, 2.24) is 19.5 Å². The zero-order valence-electron chi connectivity index (χ0n) is 19.8. The molecule has 2 N–H and O–H groups in total. The summed E-state index contributed by atoms with van der Waals surface area (Å²) in [6.07, 6.45) is 3.35. The van der Waals surface area contributed by atoms with Crippen molar-refractivity contribution in [1.29, 1.82) is 0 Å². The third kappa shape index (κ3) is 4.64. The second-order valence-corrected chi connectivity index (χ2v) is 9.35. The van der Waals surface area contributed by atoms with Crippen LogP contribution in [0.2, 0.25) is 0 Å². The van der Waals surface area contributed by atoms with E-state index in [0.29, 0.717) is 30.1 Å². The minimum Gasteiger partial charge on any atom is -0.494 e. The van der Waals surface area contributed by atoms with Crippen molar-refractivity contribution in [3.8, 4) is 22.8 Å². The third-order valence-corrected chi connectivity index (χ3v) is 5.97. The van der Waals surface area contributed by atoms with Gasteiger partial charge in [0.15, 0.2) is 11.2 Å². The number of hydrogen-bond acceptors (Lipinski definition) is 5. The van der Waals surface area contributed by atoms with Crippen LogP contribution in [0.15, 0.2) is 65.6 Å². The average molecular weight is 473 g/mol. The molecule has 1 saturated carbocycles. The molecule has 0 atom stereocenters. The predicted octanol–water partition coefficient (Wildman–Crippen LogP) is 4.00. The van der Waals surface area contributed by atoms with Crippen molar-refractivity contribution in [2.45, 2.75) is 45.9 Å². The Morgan fingerprint density at radius 1 is 1.17 bits per heavy atom. The van der Waals surface area contributed by atoms with E-state index in [-0.39, 0.29) is 23.4 Å². The normalized spacial score (nSPS) is 13.3. The molecule has 0 aliphatic heterocycles. The number of hydrogen-bond donors (Lipinski definition) is 2. The quantitative estimate of drug-likeness (QED) is 0.404. The van der Waals surface area contributed by atoms with E-state index in [1.54, 1.807) is 10.8 Å². The maximum Gasteiger partial charge on any atom is 0.291 e. The molecule has 1 amide bonds. The number of rotatable bonds is 8. The fraction of sp³-hybridized carbons (Fsp3) is 0.296. The molecule has 0 saturated heterocycles. The summed E-state index contributed by atoms with van der Waals surface area (Å²) in [6, 6.07) is 17.5. The molecule has 35 heavy (non-hydrogen) atoms. The van der Waals surface area contributed by atoms with Gasteiger partial charge in [0.1, 0.15) is 12.4 Å². The van der Waals surface area contributed by atoms with Crippen LogP contribution in [0.4, 0.5) is 0 Å². The van der Waals surface area contributed by atoms with Crippen molar-refractivity contribution in [3.63, 3.8) is 0 Å². The van der Waals surface area contributed by atoms with Gasteiger partial charge in [-0.05, 0) is 42.0 Å². The monoisotopic (exact) mass is 472 g/mol. The Kier molecular flexibility index (Phi) is 6.03. The maximum absolute atomic E-state index is 13.2. The zero-order chi connectivity index (χ0) is 24.5. The van der Waals surface area contributed by atoms with Gasteiger partial charge in [0.25, 0.3) is 11.5 Å². The Balaban J connectivity index is 1.57. The first-order valence-corrected chi connectivity index (χ1v) is 11.8. The van der Waals surface area contributed by atoms with Gasteiger partial charge in [-0.2, -0.15) is 9.61 Å². The molecule has 1 fully saturated rings. The molecule has 8 heteroatoms. The number of fused-ring (bicyclic) bond motifs is 1. The first-order valence-electron chi connectivity index (χ1n) is 11.8. The molecule has 4 aromatic rings. The molecule has 5 rings (SSSR count). The van der Waals surface area contributed by atoms with Crippen LogP contribution in [0, 0.1) is 5.92 Å². The number of nitrogens with zero attached hydrogens (tertiary/aromatic N) is 3. The number of aromatic hydroxyl groups is 1. The van der Waals surface area contributed by atoms with E-state index < -0.39 is 11.5 Å². The summed E-state index contributed by atoms with van der Waals surface area (Å²) in [5, 5.41) is 18.2. The minimum atomic E-state index is -0.640. The van der Waals surface area contributed by atoms with Gasteiger partial charge in [0.05, 0.1) is 6.20 Å². The summed E-state index contributed by atoms with van der Waals surface area (Å²) in [4.78, 5) is 26.0. The summed E-state index contributed by atoms with van der Waals surface area (Å²) < 4.78 is 8.79. The van der Waals surface area contributed by atoms with Gasteiger partial charge < -0.3 is 15.2 Å². The number of carbonyl (C=O) groups excluding carboxylic acids is 1. The first kappa shape index (κ1) is 22.7. The van der Waals surface area contributed by atoms with Crippen LogP contribution in [-0.2, 0) is 13.2 Å². The summed E-state index contributed by atoms with van der Waals surface area (Å²) >= 11 is 0. The van der Waals surface area contributed by atoms with Crippen LogP contribution in [-0.4, -0.2) is 31.2 Å². The first-order chi connectivity index (χ1) is 16.9. The zero-order valence-corrected chi connectivity index (χ0v) is 19.8. The van der Waals surface area contributed by atoms with Crippen LogP contribution in [0.3, 0.4) is 0 Å². The van der Waals surface area contributed by atoms with Crippen LogP contribution in [0.1, 0.15) is 42.6 Å². The number of carbonyl (C=O) groups is 1. The van der Waals surface area contributed by atoms with E-state index in [1.807, 2.05) is 68.4 Å². The maximum atomic E-state index is 13.2. The van der Waals surface area contributed by atoms with Gasteiger partial charge in [0.2, 0.25) is 5.88 Å². The highest BCUT2D eigenvalue weighted by Gasteiger charge is 2.30. The molecule has 8 nitrogen and oxygen atoms in total. The standard InChI is InChI=1S/C27H28N4O4/c1-17(2)15-30-25-22(19-9-6-10-21(13-19)35-16-18-7-4-3-5-8-18)14-28-31(25)27(34)23(26(30)33)24(32)29-20-11-12-20/h3-10,13-14,17,20,33H,11-12,15-16H2,1-2H3,(H,29,32). The lowest BCUT2D eigenvalue weighted by atomic mass is 10.1. The molecular weight excluding hydrogens is 444 g/mol. The molecule has 0 unspecified atom stereocenters. The number of aromatic nitrogens is 3. The lowest BCUT2D eigenvalue weighted by Gasteiger charge is -2.17. The van der Waals surface area contributed by atoms with Gasteiger partial charge in [-0.3, -0.25) is 14.2 Å². The molecule has 0 radical (unpaired) electrons. The Bertz CT molecular complexity index is 1440. The third-order valence-electron chi connectivity index (χ3n) is 5.97. The van der Waals surface area contributed by atoms with Crippen molar-refractivity contribution in [2.24, 2.45) is 5.92 Å². The van der Waals surface area contributed by atoms with Gasteiger partial charge in [-0.25, -0.2) is 0 Å². The topological polar surface area (TPSA) is 97.9 Å². The van der Waals surface area contributed by atoms with Crippen LogP contribution in [0.5, 0.6) is 11.6 Å². The number of ether oxygens (including phenoxy) is 1. The smallest absolute Gasteiger partial charge is 0.291 e. The Hall–Kier alpha value is -4.07. The molecule has 0 spiro atoms. The van der Waals surface area contributed by atoms with Gasteiger partial charge in [-0.15, -0.1) is 0 Å². The Morgan fingerprint density at radius 2 is 1.94 bits per heavy atom. The molecular formula is C27H28N4O4. The fourth-order valence-corrected chi connectivity index (χ4v) is 4.11. The predicted molar refractivity (Wildman–Crippen MR) is 133 cm³/mol. The molecule has 2 aromatic carbocycles. The largest absolute Gasteiger partial charge is 0.494 e. The van der Waals surface area contributed by atoms with E-state index in [4.69, 9.17) is 4.74 Å². The average Bonchev–Trinajstić information content (AvgIpc) is 3.55. The highest BCUT2D eigenvalue weighted by Crippen LogP contribution is 2.31. The van der Waals surface area contributed by atoms with Crippen LogP contribution < -0.4 is 15.6 Å². The second kappa shape index (κ2) is 9.29. The van der Waals surface area contributed by atoms with E-state index in [0.717, 1.165) is 24.0 Å². The SMILES string of the molecule is CC(C)Cn1c(O)c(C(=O)NC2CC2)c(=O)n2ncc(-c3cccc(OCc4ccccc4)c3)c12. The van der Waals surface area contributed by atoms with Crippen molar-refractivity contribution >= 4 is 11.6 Å². The summed E-state index contributed by atoms with van der Waals surface area (Å²) in [5.41, 5.74) is 2.03. The minimum absolute atomic E-state index is 0.0577. The second-order valence-electron chi connectivity index (χ2n) is 9.35. The number of benzene rings is 2. The van der Waals surface area contributed by atoms with Crippen molar-refractivity contribution in [2.75, 3.05) is 0 Å². The van der Waals surface area contributed by atoms with E-state index in [2.05, 4.69) is 10.4 Å². The summed E-state index contributed by atoms with van der Waals surface area (Å²) in [7, 11) is 0. The number of amides is 1. The van der Waals surface area contributed by atoms with Gasteiger partial charge in [0, 0.05) is 18.2 Å². The van der Waals surface area contributed by atoms with E-state index in [1.165, 1.54) is 4.52 Å². The summed E-state index contributed by atoms with van der Waals surface area (Å²) in [5.74, 6) is -0.0849. The van der Waals surface area contributed by atoms with Crippen LogP contribution >= 0.6 is 0 Å². The molecule has 2 heterocycles. The fourth-order valence-electron chi connectivity index (χ4n) is 4.11. The molecule has 2 aromatic heterocycles. The van der Waals surface area contributed by atoms with Crippen LogP contribution in [0.25, 0.3) is 16.8 Å². The van der Waals surface area contributed by atoms with Crippen molar-refractivity contribution in [3.05, 3.63) is 82.3 Å². The molecule has 180 valence electrons. The van der Waals surface area contributed by atoms with E-state index in [9.17, 15) is 14.7 Å². The van der Waals surface area contributed by atoms with Gasteiger partial charge >= 0.3 is 0 Å². The highest BCUT2D eigenvalue weighted by atomic mass is 16.5. The van der Waals surface area contributed by atoms with E-state index >= 15 is 0 Å². The number of nitrogens with one attached hydrogen (secondary N) is 1. The molecule has 0 bridgehead atoms. The summed E-state index contributed by atoms with van der Waals surface area (Å²) in [6.45, 7) is 4.84. The van der Waals surface area contributed by atoms with Gasteiger partial charge in [-0.1, -0.05) is 56.3 Å². The Labute approximate surface area is 202 Å². The Morgan fingerprint density at radius 3 is 2.66 bits per heavy atom. The lowest BCUT2D eigenvalue weighted by Crippen LogP contribution is -2.34. The molecule has 1 aliphatic carbocycles. The highest BCUT2D eigenvalue weighted by molar-refractivity contribution is 5.97. The van der Waals surface area contributed by atoms with Crippen molar-refractivity contribution < 1.29 is 14.6 Å². The lowest BCUT2D eigenvalue weighted by molar-refractivity contribution is 0.0944.